The summed E-state index contributed by atoms with van der Waals surface area (Å²) in [6.07, 6.45) is 4.07. The normalized spacial score (nSPS) is 13.3. The fraction of sp³-hybridized carbons (Fsp3) is 0.417. The molecule has 0 radical (unpaired) electrons. The van der Waals surface area contributed by atoms with Crippen LogP contribution in [-0.2, 0) is 14.3 Å². The van der Waals surface area contributed by atoms with Gasteiger partial charge in [0.25, 0.3) is 0 Å². The van der Waals surface area contributed by atoms with Crippen LogP contribution < -0.4 is 5.32 Å². The highest BCUT2D eigenvalue weighted by Crippen LogP contribution is 2.44. The standard InChI is InChI=1S/C24H29NO4/c1-3-4-5-6-15-22(23(26)28-2)25-24(27)29-16-21-19-13-9-7-11-17(19)18-12-8-10-14-20(18)21/h7-14,21-22H,3-6,15-16H2,1-2H3,(H,25,27). The highest BCUT2D eigenvalue weighted by atomic mass is 16.6. The van der Waals surface area contributed by atoms with E-state index in [9.17, 15) is 9.59 Å². The minimum absolute atomic E-state index is 0.00530. The lowest BCUT2D eigenvalue weighted by molar-refractivity contribution is -0.143. The molecule has 29 heavy (non-hydrogen) atoms. The summed E-state index contributed by atoms with van der Waals surface area (Å²) in [5.74, 6) is -0.440. The lowest BCUT2D eigenvalue weighted by Gasteiger charge is -2.18. The third-order valence-corrected chi connectivity index (χ3v) is 5.47. The summed E-state index contributed by atoms with van der Waals surface area (Å²) in [4.78, 5) is 24.4. The molecule has 0 fully saturated rings. The van der Waals surface area contributed by atoms with Gasteiger partial charge in [-0.15, -0.1) is 0 Å². The van der Waals surface area contributed by atoms with Gasteiger partial charge in [-0.3, -0.25) is 0 Å². The van der Waals surface area contributed by atoms with E-state index in [-0.39, 0.29) is 12.5 Å². The quantitative estimate of drug-likeness (QED) is 0.477. The summed E-state index contributed by atoms with van der Waals surface area (Å²) in [6.45, 7) is 2.36. The van der Waals surface area contributed by atoms with Crippen LogP contribution in [-0.4, -0.2) is 31.8 Å². The number of alkyl carbamates (subject to hydrolysis) is 1. The maximum absolute atomic E-state index is 12.4. The van der Waals surface area contributed by atoms with Crippen LogP contribution in [0.3, 0.4) is 0 Å². The molecule has 0 spiro atoms. The second-order valence-electron chi connectivity index (χ2n) is 7.39. The Bertz CT molecular complexity index is 803. The van der Waals surface area contributed by atoms with Crippen molar-refractivity contribution in [3.63, 3.8) is 0 Å². The van der Waals surface area contributed by atoms with Crippen molar-refractivity contribution in [3.8, 4) is 11.1 Å². The molecule has 1 amide bonds. The molecule has 2 aromatic rings. The van der Waals surface area contributed by atoms with Crippen molar-refractivity contribution in [2.45, 2.75) is 51.0 Å². The van der Waals surface area contributed by atoms with Crippen molar-refractivity contribution >= 4 is 12.1 Å². The molecular formula is C24H29NO4. The zero-order chi connectivity index (χ0) is 20.6. The first kappa shape index (κ1) is 20.9. The van der Waals surface area contributed by atoms with Crippen LogP contribution in [0.4, 0.5) is 4.79 Å². The van der Waals surface area contributed by atoms with Gasteiger partial charge in [-0.25, -0.2) is 9.59 Å². The minimum Gasteiger partial charge on any atom is -0.467 e. The second-order valence-corrected chi connectivity index (χ2v) is 7.39. The molecule has 1 atom stereocenters. The molecule has 0 saturated carbocycles. The Hall–Kier alpha value is -2.82. The van der Waals surface area contributed by atoms with Gasteiger partial charge in [0.1, 0.15) is 12.6 Å². The van der Waals surface area contributed by atoms with E-state index in [4.69, 9.17) is 9.47 Å². The molecule has 2 aromatic carbocycles. The van der Waals surface area contributed by atoms with Gasteiger partial charge in [-0.2, -0.15) is 0 Å². The summed E-state index contributed by atoms with van der Waals surface area (Å²) in [5.41, 5.74) is 4.68. The van der Waals surface area contributed by atoms with Crippen molar-refractivity contribution in [1.82, 2.24) is 5.32 Å². The molecule has 1 aliphatic rings. The predicted molar refractivity (Wildman–Crippen MR) is 113 cm³/mol. The van der Waals surface area contributed by atoms with Gasteiger partial charge in [-0.1, -0.05) is 81.1 Å². The molecule has 3 rings (SSSR count). The minimum atomic E-state index is -0.674. The Labute approximate surface area is 172 Å². The zero-order valence-corrected chi connectivity index (χ0v) is 17.1. The smallest absolute Gasteiger partial charge is 0.407 e. The van der Waals surface area contributed by atoms with E-state index in [1.165, 1.54) is 18.2 Å². The van der Waals surface area contributed by atoms with Gasteiger partial charge in [0, 0.05) is 5.92 Å². The topological polar surface area (TPSA) is 64.6 Å². The number of rotatable bonds is 9. The van der Waals surface area contributed by atoms with Crippen molar-refractivity contribution in [2.24, 2.45) is 0 Å². The largest absolute Gasteiger partial charge is 0.467 e. The maximum Gasteiger partial charge on any atom is 0.407 e. The van der Waals surface area contributed by atoms with Crippen molar-refractivity contribution in [2.75, 3.05) is 13.7 Å². The molecule has 5 nitrogen and oxygen atoms in total. The Morgan fingerprint density at radius 2 is 1.59 bits per heavy atom. The Morgan fingerprint density at radius 1 is 0.966 bits per heavy atom. The Morgan fingerprint density at radius 3 is 2.17 bits per heavy atom. The number of unbranched alkanes of at least 4 members (excludes halogenated alkanes) is 3. The van der Waals surface area contributed by atoms with Gasteiger partial charge in [0.15, 0.2) is 0 Å². The number of amides is 1. The van der Waals surface area contributed by atoms with E-state index < -0.39 is 18.1 Å². The third kappa shape index (κ3) is 4.97. The van der Waals surface area contributed by atoms with Crippen molar-refractivity contribution in [3.05, 3.63) is 59.7 Å². The lowest BCUT2D eigenvalue weighted by atomic mass is 9.98. The summed E-state index contributed by atoms with van der Waals surface area (Å²) in [6, 6.07) is 15.7. The van der Waals surface area contributed by atoms with Crippen LogP contribution in [0.25, 0.3) is 11.1 Å². The van der Waals surface area contributed by atoms with Crippen molar-refractivity contribution < 1.29 is 19.1 Å². The molecule has 0 bridgehead atoms. The molecule has 0 heterocycles. The van der Waals surface area contributed by atoms with Gasteiger partial charge in [-0.05, 0) is 28.7 Å². The molecule has 154 valence electrons. The average molecular weight is 395 g/mol. The first-order valence-electron chi connectivity index (χ1n) is 10.3. The van der Waals surface area contributed by atoms with Gasteiger partial charge < -0.3 is 14.8 Å². The second kappa shape index (κ2) is 10.1. The van der Waals surface area contributed by atoms with Crippen LogP contribution in [0.15, 0.2) is 48.5 Å². The lowest BCUT2D eigenvalue weighted by Crippen LogP contribution is -2.42. The number of fused-ring (bicyclic) bond motifs is 3. The fourth-order valence-corrected chi connectivity index (χ4v) is 3.95. The highest BCUT2D eigenvalue weighted by Gasteiger charge is 2.29. The third-order valence-electron chi connectivity index (χ3n) is 5.47. The first-order valence-corrected chi connectivity index (χ1v) is 10.3. The van der Waals surface area contributed by atoms with Crippen LogP contribution in [0.2, 0.25) is 0 Å². The Balaban J connectivity index is 1.61. The predicted octanol–water partition coefficient (Wildman–Crippen LogP) is 5.04. The van der Waals surface area contributed by atoms with E-state index in [0.717, 1.165) is 36.8 Å². The van der Waals surface area contributed by atoms with Crippen LogP contribution in [0, 0.1) is 0 Å². The van der Waals surface area contributed by atoms with E-state index >= 15 is 0 Å². The van der Waals surface area contributed by atoms with Gasteiger partial charge in [0.05, 0.1) is 7.11 Å². The summed E-state index contributed by atoms with van der Waals surface area (Å²) in [7, 11) is 1.33. The monoisotopic (exact) mass is 395 g/mol. The maximum atomic E-state index is 12.4. The zero-order valence-electron chi connectivity index (χ0n) is 17.1. The molecule has 1 aliphatic carbocycles. The number of methoxy groups -OCH3 is 1. The summed E-state index contributed by atoms with van der Waals surface area (Å²) >= 11 is 0. The first-order chi connectivity index (χ1) is 14.2. The number of nitrogens with one attached hydrogen (secondary N) is 1. The fourth-order valence-electron chi connectivity index (χ4n) is 3.95. The average Bonchev–Trinajstić information content (AvgIpc) is 3.07. The number of hydrogen-bond acceptors (Lipinski definition) is 4. The van der Waals surface area contributed by atoms with Gasteiger partial charge >= 0.3 is 12.1 Å². The highest BCUT2D eigenvalue weighted by molar-refractivity contribution is 5.82. The number of carbonyl (C=O) groups excluding carboxylic acids is 2. The van der Waals surface area contributed by atoms with Crippen LogP contribution >= 0.6 is 0 Å². The number of esters is 1. The molecule has 1 unspecified atom stereocenters. The molecule has 5 heteroatoms. The number of hydrogen-bond donors (Lipinski definition) is 1. The number of benzene rings is 2. The summed E-state index contributed by atoms with van der Waals surface area (Å²) < 4.78 is 10.4. The van der Waals surface area contributed by atoms with Gasteiger partial charge in [0.2, 0.25) is 0 Å². The molecule has 0 saturated heterocycles. The molecule has 0 aromatic heterocycles. The summed E-state index contributed by atoms with van der Waals surface area (Å²) in [5, 5.41) is 2.68. The van der Waals surface area contributed by atoms with E-state index in [1.54, 1.807) is 0 Å². The van der Waals surface area contributed by atoms with E-state index in [1.807, 2.05) is 24.3 Å². The van der Waals surface area contributed by atoms with E-state index in [0.29, 0.717) is 6.42 Å². The van der Waals surface area contributed by atoms with Crippen LogP contribution in [0.1, 0.15) is 56.1 Å². The molecule has 0 aliphatic heterocycles. The SMILES string of the molecule is CCCCCCC(NC(=O)OCC1c2ccccc2-c2ccccc21)C(=O)OC. The number of ether oxygens (including phenoxy) is 2. The number of carbonyl (C=O) groups is 2. The van der Waals surface area contributed by atoms with Crippen LogP contribution in [0.5, 0.6) is 0 Å². The Kier molecular flexibility index (Phi) is 7.28. The molecule has 1 N–H and O–H groups in total. The molecular weight excluding hydrogens is 366 g/mol. The van der Waals surface area contributed by atoms with Crippen molar-refractivity contribution in [1.29, 1.82) is 0 Å². The van der Waals surface area contributed by atoms with E-state index in [2.05, 4.69) is 36.5 Å².